The molecule has 1 amide bonds. The topological polar surface area (TPSA) is 63.2 Å². The molecule has 1 rings (SSSR count). The van der Waals surface area contributed by atoms with Crippen molar-refractivity contribution < 1.29 is 13.2 Å². The molecular weight excluding hydrogens is 274 g/mol. The minimum Gasteiger partial charge on any atom is -0.350 e. The molecule has 0 fully saturated rings. The van der Waals surface area contributed by atoms with E-state index in [1.165, 1.54) is 12.1 Å². The molecule has 5 heteroatoms. The number of carbonyl (C=O) groups is 1. The molecule has 1 aromatic carbocycles. The Morgan fingerprint density at radius 3 is 2.60 bits per heavy atom. The third kappa shape index (κ3) is 5.33. The molecule has 0 aliphatic heterocycles. The average Bonchev–Trinajstić information content (AvgIpc) is 2.38. The van der Waals surface area contributed by atoms with E-state index in [1.807, 2.05) is 6.92 Å². The molecule has 1 unspecified atom stereocenters. The highest BCUT2D eigenvalue weighted by atomic mass is 32.2. The summed E-state index contributed by atoms with van der Waals surface area (Å²) in [6.45, 7) is 4.11. The Labute approximate surface area is 121 Å². The van der Waals surface area contributed by atoms with Crippen molar-refractivity contribution >= 4 is 15.7 Å². The summed E-state index contributed by atoms with van der Waals surface area (Å²) >= 11 is 0. The summed E-state index contributed by atoms with van der Waals surface area (Å²) in [5.74, 6) is -0.223. The minimum atomic E-state index is -3.28. The van der Waals surface area contributed by atoms with E-state index in [1.54, 1.807) is 12.1 Å². The van der Waals surface area contributed by atoms with Gasteiger partial charge >= 0.3 is 0 Å². The lowest BCUT2D eigenvalue weighted by Crippen LogP contribution is -2.32. The van der Waals surface area contributed by atoms with Crippen LogP contribution in [0.3, 0.4) is 0 Å². The first-order valence-corrected chi connectivity index (χ1v) is 8.84. The largest absolute Gasteiger partial charge is 0.350 e. The van der Waals surface area contributed by atoms with E-state index >= 15 is 0 Å². The van der Waals surface area contributed by atoms with Crippen LogP contribution in [-0.2, 0) is 9.84 Å². The first-order valence-electron chi connectivity index (χ1n) is 6.95. The van der Waals surface area contributed by atoms with Gasteiger partial charge in [-0.1, -0.05) is 32.3 Å². The number of hydrogen-bond donors (Lipinski definition) is 1. The van der Waals surface area contributed by atoms with Gasteiger partial charge in [0.1, 0.15) is 0 Å². The highest BCUT2D eigenvalue weighted by Gasteiger charge is 2.13. The van der Waals surface area contributed by atoms with Gasteiger partial charge in [-0.05, 0) is 31.5 Å². The normalized spacial score (nSPS) is 12.9. The van der Waals surface area contributed by atoms with Crippen molar-refractivity contribution in [2.75, 3.05) is 6.26 Å². The molecule has 112 valence electrons. The van der Waals surface area contributed by atoms with Gasteiger partial charge in [-0.3, -0.25) is 4.79 Å². The van der Waals surface area contributed by atoms with Gasteiger partial charge < -0.3 is 5.32 Å². The fraction of sp³-hybridized carbons (Fsp3) is 0.533. The van der Waals surface area contributed by atoms with Crippen LogP contribution in [0.5, 0.6) is 0 Å². The van der Waals surface area contributed by atoms with Crippen molar-refractivity contribution in [2.24, 2.45) is 0 Å². The molecule has 4 nitrogen and oxygen atoms in total. The third-order valence-electron chi connectivity index (χ3n) is 3.14. The van der Waals surface area contributed by atoms with Crippen molar-refractivity contribution in [1.82, 2.24) is 5.32 Å². The van der Waals surface area contributed by atoms with Crippen LogP contribution in [-0.4, -0.2) is 26.6 Å². The summed E-state index contributed by atoms with van der Waals surface area (Å²) in [4.78, 5) is 12.2. The molecule has 1 N–H and O–H groups in total. The van der Waals surface area contributed by atoms with E-state index in [4.69, 9.17) is 0 Å². The van der Waals surface area contributed by atoms with Crippen LogP contribution >= 0.6 is 0 Å². The second kappa shape index (κ2) is 7.43. The number of nitrogens with one attached hydrogen (secondary N) is 1. The Morgan fingerprint density at radius 1 is 1.30 bits per heavy atom. The Balaban J connectivity index is 2.68. The molecular formula is C15H23NO3S. The van der Waals surface area contributed by atoms with E-state index in [2.05, 4.69) is 12.2 Å². The summed E-state index contributed by atoms with van der Waals surface area (Å²) < 4.78 is 22.9. The number of rotatable bonds is 7. The molecule has 0 spiro atoms. The molecule has 0 aliphatic carbocycles. The van der Waals surface area contributed by atoms with Crippen LogP contribution in [0.4, 0.5) is 0 Å². The number of sulfone groups is 1. The van der Waals surface area contributed by atoms with Gasteiger partial charge in [0, 0.05) is 17.9 Å². The Bertz CT molecular complexity index is 552. The first-order chi connectivity index (χ1) is 9.34. The molecule has 0 aliphatic rings. The zero-order chi connectivity index (χ0) is 15.2. The molecule has 0 bridgehead atoms. The zero-order valence-electron chi connectivity index (χ0n) is 12.3. The van der Waals surface area contributed by atoms with Crippen molar-refractivity contribution in [2.45, 2.75) is 50.5 Å². The van der Waals surface area contributed by atoms with E-state index < -0.39 is 9.84 Å². The van der Waals surface area contributed by atoms with Crippen LogP contribution in [0, 0.1) is 0 Å². The predicted molar refractivity (Wildman–Crippen MR) is 80.6 cm³/mol. The quantitative estimate of drug-likeness (QED) is 0.787. The molecule has 1 atom stereocenters. The second-order valence-corrected chi connectivity index (χ2v) is 7.19. The summed E-state index contributed by atoms with van der Waals surface area (Å²) in [6.07, 6.45) is 5.46. The summed E-state index contributed by atoms with van der Waals surface area (Å²) in [5.41, 5.74) is 0.385. The van der Waals surface area contributed by atoms with Crippen molar-refractivity contribution in [3.63, 3.8) is 0 Å². The molecule has 0 radical (unpaired) electrons. The molecule has 0 aromatic heterocycles. The van der Waals surface area contributed by atoms with Gasteiger partial charge in [0.15, 0.2) is 9.84 Å². The van der Waals surface area contributed by atoms with Crippen LogP contribution in [0.25, 0.3) is 0 Å². The maximum absolute atomic E-state index is 12.1. The van der Waals surface area contributed by atoms with E-state index in [0.717, 1.165) is 31.9 Å². The van der Waals surface area contributed by atoms with E-state index in [0.29, 0.717) is 5.56 Å². The summed E-state index contributed by atoms with van der Waals surface area (Å²) in [7, 11) is -3.28. The van der Waals surface area contributed by atoms with Gasteiger partial charge in [0.2, 0.25) is 0 Å². The van der Waals surface area contributed by atoms with Crippen LogP contribution < -0.4 is 5.32 Å². The average molecular weight is 297 g/mol. The van der Waals surface area contributed by atoms with Crippen LogP contribution in [0.2, 0.25) is 0 Å². The van der Waals surface area contributed by atoms with Crippen LogP contribution in [0.1, 0.15) is 49.9 Å². The lowest BCUT2D eigenvalue weighted by molar-refractivity contribution is 0.0937. The molecule has 0 heterocycles. The zero-order valence-corrected chi connectivity index (χ0v) is 13.2. The number of unbranched alkanes of at least 4 members (excludes halogenated alkanes) is 2. The number of benzene rings is 1. The van der Waals surface area contributed by atoms with Crippen molar-refractivity contribution in [1.29, 1.82) is 0 Å². The molecule has 0 saturated heterocycles. The Morgan fingerprint density at radius 2 is 2.00 bits per heavy atom. The maximum atomic E-state index is 12.1. The first kappa shape index (κ1) is 16.7. The second-order valence-electron chi connectivity index (χ2n) is 5.17. The molecule has 1 aromatic rings. The van der Waals surface area contributed by atoms with Gasteiger partial charge in [-0.25, -0.2) is 8.42 Å². The predicted octanol–water partition coefficient (Wildman–Crippen LogP) is 2.79. The molecule has 0 saturated carbocycles. The van der Waals surface area contributed by atoms with Gasteiger partial charge in [-0.2, -0.15) is 0 Å². The standard InChI is InChI=1S/C15H23NO3S/c1-4-5-6-8-12(2)16-15(17)13-9-7-10-14(11-13)20(3,18)19/h7,9-12H,4-6,8H2,1-3H3,(H,16,17). The minimum absolute atomic E-state index is 0.0935. The van der Waals surface area contributed by atoms with E-state index in [-0.39, 0.29) is 16.8 Å². The van der Waals surface area contributed by atoms with Gasteiger partial charge in [0.25, 0.3) is 5.91 Å². The third-order valence-corrected chi connectivity index (χ3v) is 4.25. The number of amides is 1. The number of hydrogen-bond acceptors (Lipinski definition) is 3. The molecule has 20 heavy (non-hydrogen) atoms. The summed E-state index contributed by atoms with van der Waals surface area (Å²) in [5, 5.41) is 2.90. The fourth-order valence-corrected chi connectivity index (χ4v) is 2.61. The monoisotopic (exact) mass is 297 g/mol. The smallest absolute Gasteiger partial charge is 0.251 e. The highest BCUT2D eigenvalue weighted by molar-refractivity contribution is 7.90. The lowest BCUT2D eigenvalue weighted by Gasteiger charge is -2.14. The van der Waals surface area contributed by atoms with Gasteiger partial charge in [0.05, 0.1) is 4.90 Å². The fourth-order valence-electron chi connectivity index (χ4n) is 1.95. The van der Waals surface area contributed by atoms with Crippen molar-refractivity contribution in [3.05, 3.63) is 29.8 Å². The van der Waals surface area contributed by atoms with Gasteiger partial charge in [-0.15, -0.1) is 0 Å². The highest BCUT2D eigenvalue weighted by Crippen LogP contribution is 2.12. The SMILES string of the molecule is CCCCCC(C)NC(=O)c1cccc(S(C)(=O)=O)c1. The van der Waals surface area contributed by atoms with E-state index in [9.17, 15) is 13.2 Å². The summed E-state index contributed by atoms with van der Waals surface area (Å²) in [6, 6.07) is 6.23. The maximum Gasteiger partial charge on any atom is 0.251 e. The van der Waals surface area contributed by atoms with Crippen molar-refractivity contribution in [3.8, 4) is 0 Å². The Kier molecular flexibility index (Phi) is 6.20. The number of carbonyl (C=O) groups excluding carboxylic acids is 1. The Hall–Kier alpha value is -1.36. The van der Waals surface area contributed by atoms with Crippen LogP contribution in [0.15, 0.2) is 29.2 Å². The lowest BCUT2D eigenvalue weighted by atomic mass is 10.1.